The molecule has 0 bridgehead atoms. The number of aromatic nitrogens is 3. The largest absolute Gasteiger partial charge is 0.497 e. The van der Waals surface area contributed by atoms with Crippen molar-refractivity contribution in [2.24, 2.45) is 12.1 Å². The van der Waals surface area contributed by atoms with Crippen molar-refractivity contribution >= 4 is 28.5 Å². The van der Waals surface area contributed by atoms with E-state index in [4.69, 9.17) is 9.47 Å². The molecule has 0 saturated carbocycles. The van der Waals surface area contributed by atoms with Gasteiger partial charge in [0.2, 0.25) is 5.04 Å². The first-order chi connectivity index (χ1) is 14.0. The maximum atomic E-state index is 12.2. The molecule has 0 amide bonds. The third-order valence-corrected chi connectivity index (χ3v) is 5.03. The summed E-state index contributed by atoms with van der Waals surface area (Å²) in [5.41, 5.74) is 5.61. The molecule has 0 spiro atoms. The van der Waals surface area contributed by atoms with Gasteiger partial charge in [-0.25, -0.2) is 4.79 Å². The Morgan fingerprint density at radius 1 is 1.14 bits per heavy atom. The van der Waals surface area contributed by atoms with Crippen LogP contribution < -0.4 is 10.2 Å². The first-order valence-electron chi connectivity index (χ1n) is 8.72. The third-order valence-electron chi connectivity index (χ3n) is 4.04. The summed E-state index contributed by atoms with van der Waals surface area (Å²) in [7, 11) is 4.75. The summed E-state index contributed by atoms with van der Waals surface area (Å²) in [6.07, 6.45) is 0. The van der Waals surface area contributed by atoms with Crippen LogP contribution >= 0.6 is 11.8 Å². The van der Waals surface area contributed by atoms with Gasteiger partial charge in [-0.2, -0.15) is 5.10 Å². The number of hydrazone groups is 1. The van der Waals surface area contributed by atoms with E-state index in [2.05, 4.69) is 20.7 Å². The molecule has 0 radical (unpaired) electrons. The molecule has 0 aliphatic carbocycles. The number of nitrogens with zero attached hydrogens (tertiary/aromatic N) is 4. The van der Waals surface area contributed by atoms with Crippen molar-refractivity contribution in [2.45, 2.75) is 12.1 Å². The number of hydrogen-bond acceptors (Lipinski definition) is 8. The summed E-state index contributed by atoms with van der Waals surface area (Å²) in [6, 6.07) is 15.2. The van der Waals surface area contributed by atoms with Crippen molar-refractivity contribution in [3.63, 3.8) is 0 Å². The number of rotatable bonds is 5. The molecule has 1 aromatic heterocycles. The average molecular weight is 411 g/mol. The fourth-order valence-corrected chi connectivity index (χ4v) is 3.25. The fraction of sp³-hybridized carbons (Fsp3) is 0.200. The minimum absolute atomic E-state index is 0.116. The number of esters is 1. The van der Waals surface area contributed by atoms with Crippen LogP contribution in [0.4, 0.5) is 5.69 Å². The molecule has 3 rings (SSSR count). The van der Waals surface area contributed by atoms with Gasteiger partial charge in [-0.3, -0.25) is 5.43 Å². The number of benzene rings is 2. The highest BCUT2D eigenvalue weighted by Crippen LogP contribution is 2.25. The summed E-state index contributed by atoms with van der Waals surface area (Å²) in [5.74, 6) is 0.850. The Kier molecular flexibility index (Phi) is 6.50. The number of carbonyl (C=O) groups is 1. The van der Waals surface area contributed by atoms with E-state index < -0.39 is 5.97 Å². The predicted molar refractivity (Wildman–Crippen MR) is 113 cm³/mol. The lowest BCUT2D eigenvalue weighted by molar-refractivity contribution is -0.132. The lowest BCUT2D eigenvalue weighted by Crippen LogP contribution is -2.15. The van der Waals surface area contributed by atoms with Crippen LogP contribution in [-0.2, 0) is 16.6 Å². The average Bonchev–Trinajstić information content (AvgIpc) is 3.10. The maximum Gasteiger partial charge on any atom is 0.365 e. The summed E-state index contributed by atoms with van der Waals surface area (Å²) in [6.45, 7) is 1.98. The van der Waals surface area contributed by atoms with Crippen molar-refractivity contribution in [1.82, 2.24) is 14.8 Å². The number of nitrogens with one attached hydrogen (secondary N) is 1. The Bertz CT molecular complexity index is 1030. The molecule has 0 saturated heterocycles. The van der Waals surface area contributed by atoms with E-state index in [1.165, 1.54) is 7.11 Å². The van der Waals surface area contributed by atoms with Gasteiger partial charge in [0.25, 0.3) is 0 Å². The van der Waals surface area contributed by atoms with Crippen molar-refractivity contribution in [2.75, 3.05) is 19.6 Å². The zero-order chi connectivity index (χ0) is 20.8. The highest BCUT2D eigenvalue weighted by molar-refractivity contribution is 8.15. The van der Waals surface area contributed by atoms with E-state index in [0.717, 1.165) is 34.3 Å². The van der Waals surface area contributed by atoms with Crippen LogP contribution in [0, 0.1) is 6.92 Å². The highest BCUT2D eigenvalue weighted by Gasteiger charge is 2.20. The standard InChI is InChI=1S/C20H21N5O3S/c1-13-6-5-7-15(12-13)21-23-18(19(26)28-4)29-20-24-22-17(25(20)2)14-8-10-16(27-3)11-9-14/h5-12,21H,1-4H3/b23-18+. The second-order valence-electron chi connectivity index (χ2n) is 6.09. The van der Waals surface area contributed by atoms with Crippen molar-refractivity contribution < 1.29 is 14.3 Å². The summed E-state index contributed by atoms with van der Waals surface area (Å²) in [4.78, 5) is 12.2. The molecule has 29 heavy (non-hydrogen) atoms. The first-order valence-corrected chi connectivity index (χ1v) is 9.54. The molecular weight excluding hydrogens is 390 g/mol. The predicted octanol–water partition coefficient (Wildman–Crippen LogP) is 3.49. The third kappa shape index (κ3) is 4.94. The van der Waals surface area contributed by atoms with Gasteiger partial charge in [0.15, 0.2) is 11.0 Å². The van der Waals surface area contributed by atoms with Crippen LogP contribution in [0.1, 0.15) is 5.56 Å². The van der Waals surface area contributed by atoms with E-state index >= 15 is 0 Å². The molecule has 2 aromatic carbocycles. The molecule has 0 unspecified atom stereocenters. The van der Waals surface area contributed by atoms with E-state index in [1.54, 1.807) is 11.7 Å². The molecule has 9 heteroatoms. The summed E-state index contributed by atoms with van der Waals surface area (Å²) >= 11 is 1.07. The summed E-state index contributed by atoms with van der Waals surface area (Å²) in [5, 5.41) is 13.2. The van der Waals surface area contributed by atoms with Gasteiger partial charge in [-0.15, -0.1) is 10.2 Å². The van der Waals surface area contributed by atoms with E-state index in [0.29, 0.717) is 11.0 Å². The molecule has 8 nitrogen and oxygen atoms in total. The lowest BCUT2D eigenvalue weighted by Gasteiger charge is -2.07. The normalized spacial score (nSPS) is 11.2. The topological polar surface area (TPSA) is 90.6 Å². The smallest absolute Gasteiger partial charge is 0.365 e. The van der Waals surface area contributed by atoms with Crippen molar-refractivity contribution in [1.29, 1.82) is 0 Å². The zero-order valence-electron chi connectivity index (χ0n) is 16.5. The Labute approximate surface area is 172 Å². The number of hydrogen-bond donors (Lipinski definition) is 1. The number of ether oxygens (including phenoxy) is 2. The second-order valence-corrected chi connectivity index (χ2v) is 7.04. The summed E-state index contributed by atoms with van der Waals surface area (Å²) < 4.78 is 11.8. The minimum atomic E-state index is -0.566. The fourth-order valence-electron chi connectivity index (χ4n) is 2.51. The van der Waals surface area contributed by atoms with E-state index in [9.17, 15) is 4.79 Å². The molecule has 0 aliphatic heterocycles. The van der Waals surface area contributed by atoms with Crippen LogP contribution in [0.2, 0.25) is 0 Å². The number of carbonyl (C=O) groups excluding carboxylic acids is 1. The monoisotopic (exact) mass is 411 g/mol. The first kappa shape index (κ1) is 20.4. The van der Waals surface area contributed by atoms with Crippen LogP contribution in [-0.4, -0.2) is 40.0 Å². The van der Waals surface area contributed by atoms with Gasteiger partial charge in [-0.1, -0.05) is 12.1 Å². The Morgan fingerprint density at radius 3 is 2.55 bits per heavy atom. The molecule has 1 heterocycles. The number of thioether (sulfide) groups is 1. The van der Waals surface area contributed by atoms with Crippen LogP contribution in [0.3, 0.4) is 0 Å². The molecule has 1 N–H and O–H groups in total. The van der Waals surface area contributed by atoms with Gasteiger partial charge < -0.3 is 14.0 Å². The Morgan fingerprint density at radius 2 is 1.90 bits per heavy atom. The Hall–Kier alpha value is -3.33. The van der Waals surface area contributed by atoms with E-state index in [-0.39, 0.29) is 5.04 Å². The minimum Gasteiger partial charge on any atom is -0.497 e. The van der Waals surface area contributed by atoms with Crippen LogP contribution in [0.25, 0.3) is 11.4 Å². The molecule has 0 fully saturated rings. The van der Waals surface area contributed by atoms with Gasteiger partial charge in [0.05, 0.1) is 19.9 Å². The molecule has 0 atom stereocenters. The van der Waals surface area contributed by atoms with Crippen LogP contribution in [0.5, 0.6) is 5.75 Å². The highest BCUT2D eigenvalue weighted by atomic mass is 32.2. The van der Waals surface area contributed by atoms with Gasteiger partial charge in [0, 0.05) is 12.6 Å². The van der Waals surface area contributed by atoms with E-state index in [1.807, 2.05) is 62.5 Å². The lowest BCUT2D eigenvalue weighted by atomic mass is 10.2. The SMILES string of the molecule is COC(=O)/C(=N\Nc1cccc(C)c1)Sc1nnc(-c2ccc(OC)cc2)n1C. The molecular formula is C20H21N5O3S. The van der Waals surface area contributed by atoms with Crippen LogP contribution in [0.15, 0.2) is 58.8 Å². The quantitative estimate of drug-likeness (QED) is 0.226. The Balaban J connectivity index is 1.83. The van der Waals surface area contributed by atoms with Crippen molar-refractivity contribution in [3.05, 3.63) is 54.1 Å². The van der Waals surface area contributed by atoms with Gasteiger partial charge in [-0.05, 0) is 60.6 Å². The molecule has 150 valence electrons. The maximum absolute atomic E-state index is 12.2. The zero-order valence-corrected chi connectivity index (χ0v) is 17.4. The number of methoxy groups -OCH3 is 2. The van der Waals surface area contributed by atoms with Gasteiger partial charge in [0.1, 0.15) is 5.75 Å². The second kappa shape index (κ2) is 9.24. The number of anilines is 1. The van der Waals surface area contributed by atoms with Gasteiger partial charge >= 0.3 is 5.97 Å². The molecule has 0 aliphatic rings. The number of aryl methyl sites for hydroxylation is 1. The van der Waals surface area contributed by atoms with Crippen molar-refractivity contribution in [3.8, 4) is 17.1 Å². The molecule has 3 aromatic rings.